The zero-order chi connectivity index (χ0) is 15.5. The number of urea groups is 1. The Kier molecular flexibility index (Phi) is 5.69. The number of carbonyl (C=O) groups is 2. The molecule has 0 spiro atoms. The van der Waals surface area contributed by atoms with Crippen molar-refractivity contribution in [1.29, 1.82) is 0 Å². The second-order valence-electron chi connectivity index (χ2n) is 4.54. The summed E-state index contributed by atoms with van der Waals surface area (Å²) >= 11 is 0. The molecule has 1 aliphatic heterocycles. The average molecular weight is 323 g/mol. The summed E-state index contributed by atoms with van der Waals surface area (Å²) < 4.78 is 5.59. The molecule has 0 radical (unpaired) electrons. The largest absolute Gasteiger partial charge is 1.00 e. The third-order valence-electron chi connectivity index (χ3n) is 3.02. The number of imide groups is 1. The van der Waals surface area contributed by atoms with Gasteiger partial charge in [0.25, 0.3) is 0 Å². The van der Waals surface area contributed by atoms with E-state index >= 15 is 0 Å². The maximum absolute atomic E-state index is 11.3. The number of furan rings is 1. The Morgan fingerprint density at radius 2 is 1.96 bits per heavy atom. The van der Waals surface area contributed by atoms with E-state index in [0.29, 0.717) is 17.2 Å². The van der Waals surface area contributed by atoms with Crippen molar-refractivity contribution in [3.8, 4) is 11.3 Å². The van der Waals surface area contributed by atoms with E-state index in [0.717, 1.165) is 16.1 Å². The van der Waals surface area contributed by atoms with Gasteiger partial charge in [0.15, 0.2) is 17.6 Å². The number of benzene rings is 1. The number of hydrogen-bond acceptors (Lipinski definition) is 5. The molecule has 0 saturated carbocycles. The van der Waals surface area contributed by atoms with Crippen LogP contribution in [0.1, 0.15) is 5.76 Å². The molecule has 3 amide bonds. The maximum Gasteiger partial charge on any atom is 1.00 e. The Bertz CT molecular complexity index is 741. The van der Waals surface area contributed by atoms with Crippen molar-refractivity contribution >= 4 is 23.8 Å². The molecule has 3 rings (SSSR count). The van der Waals surface area contributed by atoms with Gasteiger partial charge in [0.1, 0.15) is 11.5 Å². The molecule has 2 aromatic rings. The molecule has 1 saturated heterocycles. The molecule has 0 atom stereocenters. The summed E-state index contributed by atoms with van der Waals surface area (Å²) in [5.41, 5.74) is 2.55. The van der Waals surface area contributed by atoms with Gasteiger partial charge in [-0.2, -0.15) is 5.48 Å². The summed E-state index contributed by atoms with van der Waals surface area (Å²) in [6.45, 7) is -0.151. The van der Waals surface area contributed by atoms with Gasteiger partial charge >= 0.3 is 29.6 Å². The molecule has 0 aliphatic carbocycles. The van der Waals surface area contributed by atoms with Crippen LogP contribution in [0.2, 0.25) is 0 Å². The van der Waals surface area contributed by atoms with Crippen LogP contribution in [0.4, 0.5) is 10.5 Å². The van der Waals surface area contributed by atoms with Crippen LogP contribution >= 0.6 is 0 Å². The Hall–Kier alpha value is -1.97. The molecule has 1 aromatic heterocycles. The van der Waals surface area contributed by atoms with E-state index in [9.17, 15) is 9.59 Å². The quantitative estimate of drug-likeness (QED) is 0.227. The topological polar surface area (TPSA) is 114 Å². The fourth-order valence-electron chi connectivity index (χ4n) is 1.92. The van der Waals surface area contributed by atoms with Gasteiger partial charge in [-0.15, -0.1) is 0 Å². The van der Waals surface area contributed by atoms with E-state index in [1.165, 1.54) is 6.21 Å². The summed E-state index contributed by atoms with van der Waals surface area (Å²) in [5, 5.41) is 17.0. The molecular weight excluding hydrogens is 311 g/mol. The normalized spacial score (nSPS) is 14.2. The third kappa shape index (κ3) is 4.06. The molecular formula is C14H12N4NaO4+. The predicted molar refractivity (Wildman–Crippen MR) is 75.6 cm³/mol. The van der Waals surface area contributed by atoms with E-state index in [-0.39, 0.29) is 36.1 Å². The van der Waals surface area contributed by atoms with Crippen LogP contribution in [0, 0.1) is 0 Å². The Morgan fingerprint density at radius 1 is 1.22 bits per heavy atom. The number of rotatable bonds is 4. The van der Waals surface area contributed by atoms with Gasteiger partial charge in [0.2, 0.25) is 0 Å². The van der Waals surface area contributed by atoms with Crippen LogP contribution < -0.4 is 35.0 Å². The summed E-state index contributed by atoms with van der Waals surface area (Å²) in [6, 6.07) is 9.91. The van der Waals surface area contributed by atoms with Gasteiger partial charge in [0, 0.05) is 24.2 Å². The first-order valence-electron chi connectivity index (χ1n) is 6.43. The van der Waals surface area contributed by atoms with Gasteiger partial charge in [0.05, 0.1) is 6.21 Å². The number of nitrogens with two attached hydrogens (primary N) is 1. The molecule has 1 aliphatic rings. The van der Waals surface area contributed by atoms with Crippen LogP contribution in [0.15, 0.2) is 45.9 Å². The van der Waals surface area contributed by atoms with Crippen LogP contribution in [0.25, 0.3) is 16.6 Å². The number of carbonyl (C=O) groups excluding carboxylic acids is 2. The number of amides is 3. The number of quaternary nitrogens is 1. The minimum absolute atomic E-state index is 0. The van der Waals surface area contributed by atoms with Gasteiger partial charge in [-0.05, 0) is 24.3 Å². The fourth-order valence-corrected chi connectivity index (χ4v) is 1.92. The maximum atomic E-state index is 11.3. The second kappa shape index (κ2) is 7.53. The Morgan fingerprint density at radius 3 is 2.57 bits per heavy atom. The number of hydrazone groups is 1. The van der Waals surface area contributed by atoms with E-state index in [1.807, 2.05) is 12.1 Å². The first-order chi connectivity index (χ1) is 10.7. The van der Waals surface area contributed by atoms with Crippen LogP contribution in [-0.2, 0) is 4.79 Å². The van der Waals surface area contributed by atoms with Crippen LogP contribution in [-0.4, -0.2) is 34.9 Å². The summed E-state index contributed by atoms with van der Waals surface area (Å²) in [7, 11) is 0. The standard InChI is InChI=1S/C14H12N4O4.Na/c19-13-8-18(14(20)16-13)15-7-11-5-6-12(22-11)9-1-3-10(17-21)4-2-9;/h1-7H,8H2,(H3,15,16,17,19,20,21);/q;+1. The zero-order valence-corrected chi connectivity index (χ0v) is 14.3. The van der Waals surface area contributed by atoms with Gasteiger partial charge < -0.3 is 14.7 Å². The molecule has 112 valence electrons. The SMILES string of the molecule is O=C1CN(/N=C/c2ccc(-c3ccc([NH2+]O)cc3)o2)C(=O)[N-]1.[Na+]. The molecule has 1 aromatic carbocycles. The van der Waals surface area contributed by atoms with Crippen LogP contribution in [0.5, 0.6) is 0 Å². The molecule has 0 bridgehead atoms. The molecule has 23 heavy (non-hydrogen) atoms. The molecule has 0 unspecified atom stereocenters. The van der Waals surface area contributed by atoms with Crippen molar-refractivity contribution in [3.63, 3.8) is 0 Å². The summed E-state index contributed by atoms with van der Waals surface area (Å²) in [6.07, 6.45) is 1.35. The molecule has 2 heterocycles. The van der Waals surface area contributed by atoms with Crippen molar-refractivity contribution in [2.45, 2.75) is 0 Å². The van der Waals surface area contributed by atoms with E-state index in [2.05, 4.69) is 10.4 Å². The van der Waals surface area contributed by atoms with Crippen molar-refractivity contribution < 1.29 is 54.3 Å². The average Bonchev–Trinajstić information content (AvgIpc) is 3.12. The van der Waals surface area contributed by atoms with Gasteiger partial charge in [-0.25, -0.2) is 5.21 Å². The second-order valence-corrected chi connectivity index (χ2v) is 4.54. The van der Waals surface area contributed by atoms with Gasteiger partial charge in [-0.3, -0.25) is 14.7 Å². The Labute approximate surface area is 153 Å². The molecule has 1 fully saturated rings. The minimum atomic E-state index is -0.677. The summed E-state index contributed by atoms with van der Waals surface area (Å²) in [4.78, 5) is 22.2. The van der Waals surface area contributed by atoms with Crippen molar-refractivity contribution in [3.05, 3.63) is 47.5 Å². The van der Waals surface area contributed by atoms with Crippen molar-refractivity contribution in [2.75, 3.05) is 6.54 Å². The molecule has 3 N–H and O–H groups in total. The summed E-state index contributed by atoms with van der Waals surface area (Å²) in [5.74, 6) is 0.558. The molecule has 8 nitrogen and oxygen atoms in total. The van der Waals surface area contributed by atoms with Crippen molar-refractivity contribution in [2.24, 2.45) is 5.10 Å². The number of nitrogens with zero attached hydrogens (tertiary/aromatic N) is 3. The first-order valence-corrected chi connectivity index (χ1v) is 6.43. The van der Waals surface area contributed by atoms with E-state index in [4.69, 9.17) is 9.62 Å². The van der Waals surface area contributed by atoms with E-state index in [1.54, 1.807) is 24.3 Å². The van der Waals surface area contributed by atoms with E-state index < -0.39 is 11.9 Å². The monoisotopic (exact) mass is 323 g/mol. The van der Waals surface area contributed by atoms with Gasteiger partial charge in [-0.1, -0.05) is 0 Å². The smallest absolute Gasteiger partial charge is 0.455 e. The predicted octanol–water partition coefficient (Wildman–Crippen LogP) is -1.80. The third-order valence-corrected chi connectivity index (χ3v) is 3.02. The van der Waals surface area contributed by atoms with Crippen LogP contribution in [0.3, 0.4) is 0 Å². The Balaban J connectivity index is 0.00000192. The van der Waals surface area contributed by atoms with Crippen molar-refractivity contribution in [1.82, 2.24) is 5.01 Å². The molecule has 9 heteroatoms. The zero-order valence-electron chi connectivity index (χ0n) is 12.3. The fraction of sp³-hybridized carbons (Fsp3) is 0.0714. The number of hydrogen-bond donors (Lipinski definition) is 2. The first kappa shape index (κ1) is 17.4. The minimum Gasteiger partial charge on any atom is -0.455 e.